The summed E-state index contributed by atoms with van der Waals surface area (Å²) in [5, 5.41) is 2.97. The van der Waals surface area contributed by atoms with E-state index in [2.05, 4.69) is 21.2 Å². The van der Waals surface area contributed by atoms with E-state index in [0.29, 0.717) is 16.9 Å². The smallest absolute Gasteiger partial charge is 0.338 e. The molecule has 2 aromatic rings. The zero-order chi connectivity index (χ0) is 16.9. The van der Waals surface area contributed by atoms with Crippen molar-refractivity contribution in [3.05, 3.63) is 70.2 Å². The lowest BCUT2D eigenvalue weighted by Gasteiger charge is -2.20. The maximum absolute atomic E-state index is 12.3. The lowest BCUT2D eigenvalue weighted by atomic mass is 10.1. The number of rotatable bonds is 4. The first-order valence-electron chi connectivity index (χ1n) is 7.53. The van der Waals surface area contributed by atoms with Crippen molar-refractivity contribution >= 4 is 39.6 Å². The highest BCUT2D eigenvalue weighted by molar-refractivity contribution is 9.10. The van der Waals surface area contributed by atoms with Crippen LogP contribution in [-0.4, -0.2) is 35.5 Å². The fourth-order valence-electron chi connectivity index (χ4n) is 2.42. The predicted octanol–water partition coefficient (Wildman–Crippen LogP) is 3.52. The quantitative estimate of drug-likeness (QED) is 0.790. The maximum atomic E-state index is 12.3. The number of benzene rings is 2. The van der Waals surface area contributed by atoms with E-state index in [1.807, 2.05) is 18.2 Å². The highest BCUT2D eigenvalue weighted by Gasteiger charge is 2.32. The van der Waals surface area contributed by atoms with Crippen molar-refractivity contribution in [1.29, 1.82) is 0 Å². The SMILES string of the molecule is O=C(N[C@H]1CSC[C@@H]1OC(=O)c1ccc(Br)cc1)c1ccccc1. The molecule has 1 amide bonds. The number of hydrogen-bond donors (Lipinski definition) is 1. The topological polar surface area (TPSA) is 55.4 Å². The van der Waals surface area contributed by atoms with Crippen LogP contribution in [0.2, 0.25) is 0 Å². The molecule has 1 fully saturated rings. The van der Waals surface area contributed by atoms with Crippen molar-refractivity contribution in [3.63, 3.8) is 0 Å². The van der Waals surface area contributed by atoms with Crippen LogP contribution in [-0.2, 0) is 4.74 Å². The van der Waals surface area contributed by atoms with Gasteiger partial charge in [0, 0.05) is 21.5 Å². The third kappa shape index (κ3) is 4.19. The zero-order valence-corrected chi connectivity index (χ0v) is 15.2. The monoisotopic (exact) mass is 405 g/mol. The average Bonchev–Trinajstić information content (AvgIpc) is 3.03. The van der Waals surface area contributed by atoms with Gasteiger partial charge in [0.15, 0.2) is 0 Å². The minimum Gasteiger partial charge on any atom is -0.456 e. The van der Waals surface area contributed by atoms with Crippen LogP contribution in [0, 0.1) is 0 Å². The summed E-state index contributed by atoms with van der Waals surface area (Å²) in [5.74, 6) is 0.903. The molecule has 1 N–H and O–H groups in total. The number of amides is 1. The molecule has 0 unspecified atom stereocenters. The Morgan fingerprint density at radius 3 is 2.42 bits per heavy atom. The number of ether oxygens (including phenoxy) is 1. The standard InChI is InChI=1S/C18H16BrNO3S/c19-14-8-6-13(7-9-14)18(22)23-16-11-24-10-15(16)20-17(21)12-4-2-1-3-5-12/h1-9,15-16H,10-11H2,(H,20,21)/t15-,16-/m0/s1. The van der Waals surface area contributed by atoms with Crippen molar-refractivity contribution < 1.29 is 14.3 Å². The van der Waals surface area contributed by atoms with Crippen LogP contribution in [0.25, 0.3) is 0 Å². The molecular formula is C18H16BrNO3S. The van der Waals surface area contributed by atoms with Crippen LogP contribution in [0.4, 0.5) is 0 Å². The van der Waals surface area contributed by atoms with E-state index in [9.17, 15) is 9.59 Å². The first-order valence-corrected chi connectivity index (χ1v) is 9.48. The van der Waals surface area contributed by atoms with E-state index in [1.54, 1.807) is 48.2 Å². The number of hydrogen-bond acceptors (Lipinski definition) is 4. The van der Waals surface area contributed by atoms with Crippen molar-refractivity contribution in [1.82, 2.24) is 5.32 Å². The van der Waals surface area contributed by atoms with Crippen LogP contribution >= 0.6 is 27.7 Å². The molecule has 124 valence electrons. The Labute approximate surface area is 153 Å². The summed E-state index contributed by atoms with van der Waals surface area (Å²) >= 11 is 5.01. The summed E-state index contributed by atoms with van der Waals surface area (Å²) < 4.78 is 6.50. The van der Waals surface area contributed by atoms with Crippen molar-refractivity contribution in [2.75, 3.05) is 11.5 Å². The Morgan fingerprint density at radius 2 is 1.71 bits per heavy atom. The van der Waals surface area contributed by atoms with E-state index in [4.69, 9.17) is 4.74 Å². The Bertz CT molecular complexity index is 721. The molecule has 0 spiro atoms. The van der Waals surface area contributed by atoms with Gasteiger partial charge in [0.1, 0.15) is 6.10 Å². The van der Waals surface area contributed by atoms with E-state index in [-0.39, 0.29) is 24.0 Å². The summed E-state index contributed by atoms with van der Waals surface area (Å²) in [6.45, 7) is 0. The molecule has 4 nitrogen and oxygen atoms in total. The minimum atomic E-state index is -0.367. The highest BCUT2D eigenvalue weighted by atomic mass is 79.9. The molecule has 0 radical (unpaired) electrons. The molecule has 1 heterocycles. The van der Waals surface area contributed by atoms with Gasteiger partial charge in [0.2, 0.25) is 0 Å². The third-order valence-corrected chi connectivity index (χ3v) is 5.41. The summed E-state index contributed by atoms with van der Waals surface area (Å²) in [5.41, 5.74) is 1.11. The molecule has 6 heteroatoms. The van der Waals surface area contributed by atoms with Crippen LogP contribution in [0.3, 0.4) is 0 Å². The van der Waals surface area contributed by atoms with Gasteiger partial charge in [-0.1, -0.05) is 34.1 Å². The molecule has 3 rings (SSSR count). The summed E-state index contributed by atoms with van der Waals surface area (Å²) in [7, 11) is 0. The fourth-order valence-corrected chi connectivity index (χ4v) is 3.90. The van der Waals surface area contributed by atoms with Crippen LogP contribution in [0.1, 0.15) is 20.7 Å². The average molecular weight is 406 g/mol. The minimum absolute atomic E-state index is 0.146. The Morgan fingerprint density at radius 1 is 1.00 bits per heavy atom. The largest absolute Gasteiger partial charge is 0.456 e. The summed E-state index contributed by atoms with van der Waals surface area (Å²) in [6.07, 6.45) is -0.321. The van der Waals surface area contributed by atoms with Gasteiger partial charge in [-0.2, -0.15) is 11.8 Å². The van der Waals surface area contributed by atoms with Crippen molar-refractivity contribution in [2.24, 2.45) is 0 Å². The van der Waals surface area contributed by atoms with Gasteiger partial charge in [-0.15, -0.1) is 0 Å². The number of halogens is 1. The Balaban J connectivity index is 1.62. The van der Waals surface area contributed by atoms with E-state index in [0.717, 1.165) is 10.2 Å². The molecule has 2 aromatic carbocycles. The predicted molar refractivity (Wildman–Crippen MR) is 98.4 cm³/mol. The molecule has 0 aromatic heterocycles. The highest BCUT2D eigenvalue weighted by Crippen LogP contribution is 2.23. The summed E-state index contributed by atoms with van der Waals surface area (Å²) in [4.78, 5) is 24.5. The Hall–Kier alpha value is -1.79. The Kier molecular flexibility index (Phi) is 5.58. The lowest BCUT2D eigenvalue weighted by Crippen LogP contribution is -2.44. The molecular weight excluding hydrogens is 390 g/mol. The molecule has 0 aliphatic carbocycles. The molecule has 1 aliphatic heterocycles. The number of carbonyl (C=O) groups excluding carboxylic acids is 2. The van der Waals surface area contributed by atoms with Gasteiger partial charge in [-0.05, 0) is 36.4 Å². The van der Waals surface area contributed by atoms with Crippen molar-refractivity contribution in [3.8, 4) is 0 Å². The number of thioether (sulfide) groups is 1. The lowest BCUT2D eigenvalue weighted by molar-refractivity contribution is 0.0293. The van der Waals surface area contributed by atoms with Crippen LogP contribution in [0.15, 0.2) is 59.1 Å². The van der Waals surface area contributed by atoms with Gasteiger partial charge < -0.3 is 10.1 Å². The number of nitrogens with one attached hydrogen (secondary N) is 1. The molecule has 0 bridgehead atoms. The zero-order valence-electron chi connectivity index (χ0n) is 12.8. The van der Waals surface area contributed by atoms with Gasteiger partial charge in [-0.25, -0.2) is 4.79 Å². The van der Waals surface area contributed by atoms with Gasteiger partial charge in [-0.3, -0.25) is 4.79 Å². The molecule has 24 heavy (non-hydrogen) atoms. The third-order valence-electron chi connectivity index (χ3n) is 3.72. The number of carbonyl (C=O) groups is 2. The molecule has 0 saturated carbocycles. The van der Waals surface area contributed by atoms with Crippen molar-refractivity contribution in [2.45, 2.75) is 12.1 Å². The van der Waals surface area contributed by atoms with Gasteiger partial charge in [0.05, 0.1) is 11.6 Å². The first-order chi connectivity index (χ1) is 11.6. The van der Waals surface area contributed by atoms with Crippen LogP contribution in [0.5, 0.6) is 0 Å². The second kappa shape index (κ2) is 7.85. The van der Waals surface area contributed by atoms with E-state index in [1.165, 1.54) is 0 Å². The first kappa shape index (κ1) is 17.0. The maximum Gasteiger partial charge on any atom is 0.338 e. The molecule has 1 aliphatic rings. The van der Waals surface area contributed by atoms with Crippen LogP contribution < -0.4 is 5.32 Å². The van der Waals surface area contributed by atoms with Gasteiger partial charge >= 0.3 is 5.97 Å². The molecule has 2 atom stereocenters. The summed E-state index contributed by atoms with van der Waals surface area (Å²) in [6, 6.07) is 15.9. The normalized spacial score (nSPS) is 19.7. The number of esters is 1. The van der Waals surface area contributed by atoms with Gasteiger partial charge in [0.25, 0.3) is 5.91 Å². The second-order valence-electron chi connectivity index (χ2n) is 5.43. The van der Waals surface area contributed by atoms with E-state index < -0.39 is 0 Å². The second-order valence-corrected chi connectivity index (χ2v) is 7.42. The van der Waals surface area contributed by atoms with E-state index >= 15 is 0 Å². The fraction of sp³-hybridized carbons (Fsp3) is 0.222. The molecule has 1 saturated heterocycles.